The molecular weight excluding hydrogens is 284 g/mol. The van der Waals surface area contributed by atoms with Gasteiger partial charge in [-0.25, -0.2) is 0 Å². The van der Waals surface area contributed by atoms with Crippen LogP contribution in [0.3, 0.4) is 0 Å². The molecule has 1 aromatic carbocycles. The second-order valence-electron chi connectivity index (χ2n) is 6.49. The molecule has 1 aromatic heterocycles. The number of aromatic nitrogens is 1. The van der Waals surface area contributed by atoms with Gasteiger partial charge < -0.3 is 10.4 Å². The molecule has 0 spiro atoms. The SMILES string of the molecule is OC(CNC(c1ccccc1)C1CCCCC1)c1ccncc1. The van der Waals surface area contributed by atoms with Gasteiger partial charge in [-0.15, -0.1) is 0 Å². The average Bonchev–Trinajstić information content (AvgIpc) is 2.64. The average molecular weight is 310 g/mol. The molecule has 2 aromatic rings. The van der Waals surface area contributed by atoms with Crippen molar-refractivity contribution in [1.82, 2.24) is 10.3 Å². The zero-order valence-electron chi connectivity index (χ0n) is 13.6. The van der Waals surface area contributed by atoms with Crippen LogP contribution in [0.2, 0.25) is 0 Å². The predicted octanol–water partition coefficient (Wildman–Crippen LogP) is 4.03. The molecule has 1 heterocycles. The Morgan fingerprint density at radius 2 is 1.65 bits per heavy atom. The van der Waals surface area contributed by atoms with Crippen molar-refractivity contribution in [3.05, 3.63) is 66.0 Å². The van der Waals surface area contributed by atoms with Gasteiger partial charge in [0.2, 0.25) is 0 Å². The Morgan fingerprint density at radius 1 is 0.957 bits per heavy atom. The van der Waals surface area contributed by atoms with Crippen molar-refractivity contribution in [2.75, 3.05) is 6.54 Å². The Balaban J connectivity index is 1.68. The molecule has 0 radical (unpaired) electrons. The van der Waals surface area contributed by atoms with E-state index < -0.39 is 6.10 Å². The summed E-state index contributed by atoms with van der Waals surface area (Å²) in [6, 6.07) is 14.8. The molecule has 0 saturated heterocycles. The predicted molar refractivity (Wildman–Crippen MR) is 93.0 cm³/mol. The summed E-state index contributed by atoms with van der Waals surface area (Å²) in [6.45, 7) is 0.570. The van der Waals surface area contributed by atoms with E-state index >= 15 is 0 Å². The molecule has 1 aliphatic carbocycles. The van der Waals surface area contributed by atoms with Crippen molar-refractivity contribution < 1.29 is 5.11 Å². The quantitative estimate of drug-likeness (QED) is 0.847. The zero-order valence-corrected chi connectivity index (χ0v) is 13.6. The molecule has 3 nitrogen and oxygen atoms in total. The van der Waals surface area contributed by atoms with E-state index in [1.807, 2.05) is 12.1 Å². The third-order valence-corrected chi connectivity index (χ3v) is 4.90. The third-order valence-electron chi connectivity index (χ3n) is 4.90. The minimum absolute atomic E-state index is 0.327. The van der Waals surface area contributed by atoms with Crippen LogP contribution >= 0.6 is 0 Å². The first-order chi connectivity index (χ1) is 11.3. The van der Waals surface area contributed by atoms with Gasteiger partial charge in [0, 0.05) is 25.0 Å². The van der Waals surface area contributed by atoms with Gasteiger partial charge in [-0.1, -0.05) is 49.6 Å². The second-order valence-corrected chi connectivity index (χ2v) is 6.49. The van der Waals surface area contributed by atoms with E-state index in [4.69, 9.17) is 0 Å². The summed E-state index contributed by atoms with van der Waals surface area (Å²) < 4.78 is 0. The van der Waals surface area contributed by atoms with Gasteiger partial charge in [-0.05, 0) is 42.0 Å². The smallest absolute Gasteiger partial charge is 0.0915 e. The van der Waals surface area contributed by atoms with E-state index in [-0.39, 0.29) is 0 Å². The molecule has 1 fully saturated rings. The lowest BCUT2D eigenvalue weighted by Gasteiger charge is -2.32. The zero-order chi connectivity index (χ0) is 15.9. The van der Waals surface area contributed by atoms with Gasteiger partial charge in [0.05, 0.1) is 6.10 Å². The monoisotopic (exact) mass is 310 g/mol. The Labute approximate surface area is 138 Å². The van der Waals surface area contributed by atoms with Crippen molar-refractivity contribution in [2.45, 2.75) is 44.2 Å². The maximum absolute atomic E-state index is 10.4. The highest BCUT2D eigenvalue weighted by Gasteiger charge is 2.25. The topological polar surface area (TPSA) is 45.1 Å². The molecule has 0 amide bonds. The lowest BCUT2D eigenvalue weighted by atomic mass is 9.81. The van der Waals surface area contributed by atoms with Crippen LogP contribution in [-0.2, 0) is 0 Å². The van der Waals surface area contributed by atoms with Crippen LogP contribution in [0.25, 0.3) is 0 Å². The summed E-state index contributed by atoms with van der Waals surface area (Å²) >= 11 is 0. The molecule has 3 heteroatoms. The third kappa shape index (κ3) is 4.40. The van der Waals surface area contributed by atoms with Gasteiger partial charge in [0.1, 0.15) is 0 Å². The molecule has 2 N–H and O–H groups in total. The number of rotatable bonds is 6. The van der Waals surface area contributed by atoms with E-state index in [1.165, 1.54) is 37.7 Å². The lowest BCUT2D eigenvalue weighted by molar-refractivity contribution is 0.158. The summed E-state index contributed by atoms with van der Waals surface area (Å²) in [5.74, 6) is 0.663. The van der Waals surface area contributed by atoms with Crippen LogP contribution in [-0.4, -0.2) is 16.6 Å². The van der Waals surface area contributed by atoms with Crippen LogP contribution in [0.5, 0.6) is 0 Å². The summed E-state index contributed by atoms with van der Waals surface area (Å²) in [6.07, 6.45) is 9.52. The van der Waals surface area contributed by atoms with Crippen LogP contribution < -0.4 is 5.32 Å². The number of benzene rings is 1. The standard InChI is InChI=1S/C20H26N2O/c23-19(16-11-13-21-14-12-16)15-22-20(17-7-3-1-4-8-17)18-9-5-2-6-10-18/h1,3-4,7-8,11-14,18-20,22-23H,2,5-6,9-10,15H2. The number of hydrogen-bond acceptors (Lipinski definition) is 3. The molecule has 23 heavy (non-hydrogen) atoms. The van der Waals surface area contributed by atoms with E-state index in [2.05, 4.69) is 40.6 Å². The van der Waals surface area contributed by atoms with E-state index in [0.29, 0.717) is 18.5 Å². The number of nitrogens with one attached hydrogen (secondary N) is 1. The molecule has 122 valence electrons. The van der Waals surface area contributed by atoms with Crippen molar-refractivity contribution in [1.29, 1.82) is 0 Å². The van der Waals surface area contributed by atoms with E-state index in [0.717, 1.165) is 5.56 Å². The number of pyridine rings is 1. The van der Waals surface area contributed by atoms with Gasteiger partial charge in [-0.2, -0.15) is 0 Å². The van der Waals surface area contributed by atoms with Gasteiger partial charge >= 0.3 is 0 Å². The normalized spacial score (nSPS) is 18.5. The fourth-order valence-corrected chi connectivity index (χ4v) is 3.63. The molecule has 1 saturated carbocycles. The van der Waals surface area contributed by atoms with E-state index in [9.17, 15) is 5.11 Å². The lowest BCUT2D eigenvalue weighted by Crippen LogP contribution is -2.32. The van der Waals surface area contributed by atoms with Crippen LogP contribution in [0.1, 0.15) is 55.4 Å². The molecule has 1 aliphatic rings. The van der Waals surface area contributed by atoms with Crippen LogP contribution in [0, 0.1) is 5.92 Å². The molecule has 3 rings (SSSR count). The summed E-state index contributed by atoms with van der Waals surface area (Å²) in [7, 11) is 0. The highest BCUT2D eigenvalue weighted by Crippen LogP contribution is 2.34. The van der Waals surface area contributed by atoms with E-state index in [1.54, 1.807) is 12.4 Å². The fraction of sp³-hybridized carbons (Fsp3) is 0.450. The number of aliphatic hydroxyl groups excluding tert-OH is 1. The fourth-order valence-electron chi connectivity index (χ4n) is 3.63. The molecule has 0 bridgehead atoms. The minimum Gasteiger partial charge on any atom is -0.387 e. The number of aliphatic hydroxyl groups is 1. The Morgan fingerprint density at radius 3 is 2.35 bits per heavy atom. The number of hydrogen-bond donors (Lipinski definition) is 2. The maximum atomic E-state index is 10.4. The summed E-state index contributed by atoms with van der Waals surface area (Å²) in [5.41, 5.74) is 2.25. The molecule has 0 aliphatic heterocycles. The molecule has 2 unspecified atom stereocenters. The van der Waals surface area contributed by atoms with Gasteiger partial charge in [-0.3, -0.25) is 4.98 Å². The van der Waals surface area contributed by atoms with Crippen molar-refractivity contribution >= 4 is 0 Å². The largest absolute Gasteiger partial charge is 0.387 e. The summed E-state index contributed by atoms with van der Waals surface area (Å²) in [5, 5.41) is 14.1. The van der Waals surface area contributed by atoms with Crippen molar-refractivity contribution in [2.24, 2.45) is 5.92 Å². The Bertz CT molecular complexity index is 567. The van der Waals surface area contributed by atoms with Crippen molar-refractivity contribution in [3.63, 3.8) is 0 Å². The van der Waals surface area contributed by atoms with Gasteiger partial charge in [0.25, 0.3) is 0 Å². The van der Waals surface area contributed by atoms with Gasteiger partial charge in [0.15, 0.2) is 0 Å². The first kappa shape index (κ1) is 16.2. The van der Waals surface area contributed by atoms with Crippen molar-refractivity contribution in [3.8, 4) is 0 Å². The minimum atomic E-state index is -0.493. The summed E-state index contributed by atoms with van der Waals surface area (Å²) in [4.78, 5) is 4.01. The Kier molecular flexibility index (Phi) is 5.78. The highest BCUT2D eigenvalue weighted by atomic mass is 16.3. The van der Waals surface area contributed by atoms with Crippen LogP contribution in [0.15, 0.2) is 54.9 Å². The van der Waals surface area contributed by atoms with Crippen LogP contribution in [0.4, 0.5) is 0 Å². The second kappa shape index (κ2) is 8.23. The molecular formula is C20H26N2O. The number of nitrogens with zero attached hydrogens (tertiary/aromatic N) is 1. The maximum Gasteiger partial charge on any atom is 0.0915 e. The molecule has 2 atom stereocenters. The Hall–Kier alpha value is -1.71. The highest BCUT2D eigenvalue weighted by molar-refractivity contribution is 5.20. The first-order valence-electron chi connectivity index (χ1n) is 8.71. The first-order valence-corrected chi connectivity index (χ1v) is 8.71.